The Labute approximate surface area is 129 Å². The van der Waals surface area contributed by atoms with Gasteiger partial charge >= 0.3 is 12.1 Å². The van der Waals surface area contributed by atoms with Crippen molar-refractivity contribution in [2.24, 2.45) is 0 Å². The molecule has 5 heteroatoms. The Balaban J connectivity index is 2.48. The van der Waals surface area contributed by atoms with E-state index in [1.165, 1.54) is 4.57 Å². The minimum Gasteiger partial charge on any atom is -0.481 e. The van der Waals surface area contributed by atoms with Crippen LogP contribution in [-0.2, 0) is 9.53 Å². The quantitative estimate of drug-likeness (QED) is 0.930. The van der Waals surface area contributed by atoms with Crippen molar-refractivity contribution in [3.05, 3.63) is 36.0 Å². The first-order valence-electron chi connectivity index (χ1n) is 7.24. The SMILES string of the molecule is C[C@H](CC(=O)O)c1cn(C(=O)OC(C)(C)C)c2ccccc12. The second kappa shape index (κ2) is 5.83. The summed E-state index contributed by atoms with van der Waals surface area (Å²) in [5.41, 5.74) is 0.975. The van der Waals surface area contributed by atoms with E-state index in [0.717, 1.165) is 16.5 Å². The van der Waals surface area contributed by atoms with Gasteiger partial charge in [0.1, 0.15) is 5.60 Å². The van der Waals surface area contributed by atoms with Crippen molar-refractivity contribution < 1.29 is 19.4 Å². The molecule has 5 nitrogen and oxygen atoms in total. The van der Waals surface area contributed by atoms with Crippen LogP contribution in [0.3, 0.4) is 0 Å². The number of carbonyl (C=O) groups excluding carboxylic acids is 1. The van der Waals surface area contributed by atoms with Gasteiger partial charge in [-0.25, -0.2) is 4.79 Å². The minimum absolute atomic E-state index is 0.0162. The molecule has 0 saturated carbocycles. The fraction of sp³-hybridized carbons (Fsp3) is 0.412. The predicted octanol–water partition coefficient (Wildman–Crippen LogP) is 4.00. The average Bonchev–Trinajstić information content (AvgIpc) is 2.75. The zero-order chi connectivity index (χ0) is 16.5. The lowest BCUT2D eigenvalue weighted by Crippen LogP contribution is -2.26. The normalized spacial score (nSPS) is 13.1. The predicted molar refractivity (Wildman–Crippen MR) is 84.2 cm³/mol. The van der Waals surface area contributed by atoms with Crippen LogP contribution in [0.4, 0.5) is 4.79 Å². The van der Waals surface area contributed by atoms with Crippen molar-refractivity contribution >= 4 is 23.0 Å². The highest BCUT2D eigenvalue weighted by molar-refractivity contribution is 5.92. The fourth-order valence-electron chi connectivity index (χ4n) is 2.43. The molecule has 1 heterocycles. The van der Waals surface area contributed by atoms with E-state index in [9.17, 15) is 9.59 Å². The molecule has 0 fully saturated rings. The zero-order valence-corrected chi connectivity index (χ0v) is 13.3. The molecule has 1 atom stereocenters. The first kappa shape index (κ1) is 16.1. The smallest absolute Gasteiger partial charge is 0.419 e. The van der Waals surface area contributed by atoms with E-state index in [-0.39, 0.29) is 12.3 Å². The number of nitrogens with zero attached hydrogens (tertiary/aromatic N) is 1. The molecule has 2 rings (SSSR count). The fourth-order valence-corrected chi connectivity index (χ4v) is 2.43. The number of hydrogen-bond donors (Lipinski definition) is 1. The molecule has 0 spiro atoms. The first-order valence-corrected chi connectivity index (χ1v) is 7.24. The highest BCUT2D eigenvalue weighted by Gasteiger charge is 2.22. The number of para-hydroxylation sites is 1. The zero-order valence-electron chi connectivity index (χ0n) is 13.3. The second-order valence-electron chi connectivity index (χ2n) is 6.45. The van der Waals surface area contributed by atoms with Gasteiger partial charge in [0.25, 0.3) is 0 Å². The van der Waals surface area contributed by atoms with Gasteiger partial charge in [0.15, 0.2) is 0 Å². The number of hydrogen-bond acceptors (Lipinski definition) is 3. The molecule has 0 unspecified atom stereocenters. The van der Waals surface area contributed by atoms with Crippen LogP contribution < -0.4 is 0 Å². The molecule has 0 aliphatic rings. The van der Waals surface area contributed by atoms with E-state index in [2.05, 4.69) is 0 Å². The molecular weight excluding hydrogens is 282 g/mol. The summed E-state index contributed by atoms with van der Waals surface area (Å²) in [7, 11) is 0. The molecular formula is C17H21NO4. The van der Waals surface area contributed by atoms with Gasteiger partial charge in [-0.05, 0) is 38.3 Å². The van der Waals surface area contributed by atoms with Crippen molar-refractivity contribution in [3.63, 3.8) is 0 Å². The molecule has 0 radical (unpaired) electrons. The van der Waals surface area contributed by atoms with E-state index in [0.29, 0.717) is 0 Å². The molecule has 22 heavy (non-hydrogen) atoms. The summed E-state index contributed by atoms with van der Waals surface area (Å²) in [5, 5.41) is 9.86. The standard InChI is InChI=1S/C17H21NO4/c1-11(9-15(19)20)13-10-18(16(21)22-17(2,3)4)14-8-6-5-7-12(13)14/h5-8,10-11H,9H2,1-4H3,(H,19,20)/t11-/m1/s1. The van der Waals surface area contributed by atoms with Crippen molar-refractivity contribution in [1.82, 2.24) is 4.57 Å². The Morgan fingerprint density at radius 1 is 1.27 bits per heavy atom. The monoisotopic (exact) mass is 303 g/mol. The van der Waals surface area contributed by atoms with Crippen molar-refractivity contribution in [3.8, 4) is 0 Å². The maximum Gasteiger partial charge on any atom is 0.419 e. The maximum atomic E-state index is 12.4. The summed E-state index contributed by atoms with van der Waals surface area (Å²) in [6.45, 7) is 7.27. The van der Waals surface area contributed by atoms with Crippen LogP contribution in [0, 0.1) is 0 Å². The van der Waals surface area contributed by atoms with E-state index < -0.39 is 17.7 Å². The van der Waals surface area contributed by atoms with Crippen LogP contribution in [0.2, 0.25) is 0 Å². The minimum atomic E-state index is -0.860. The summed E-state index contributed by atoms with van der Waals surface area (Å²) in [4.78, 5) is 23.3. The molecule has 1 aromatic carbocycles. The third kappa shape index (κ3) is 3.47. The number of aliphatic carboxylic acids is 1. The molecule has 0 bridgehead atoms. The van der Waals surface area contributed by atoms with Gasteiger partial charge in [0, 0.05) is 11.6 Å². The number of benzene rings is 1. The summed E-state index contributed by atoms with van der Waals surface area (Å²) < 4.78 is 6.87. The molecule has 0 aliphatic heterocycles. The van der Waals surface area contributed by atoms with Crippen molar-refractivity contribution in [2.75, 3.05) is 0 Å². The summed E-state index contributed by atoms with van der Waals surface area (Å²) in [6, 6.07) is 7.44. The topological polar surface area (TPSA) is 68.5 Å². The van der Waals surface area contributed by atoms with Gasteiger partial charge in [-0.1, -0.05) is 25.1 Å². The first-order chi connectivity index (χ1) is 10.2. The molecule has 2 aromatic rings. The van der Waals surface area contributed by atoms with E-state index in [1.807, 2.05) is 52.0 Å². The van der Waals surface area contributed by atoms with Crippen LogP contribution in [0.5, 0.6) is 0 Å². The van der Waals surface area contributed by atoms with E-state index in [4.69, 9.17) is 9.84 Å². The Morgan fingerprint density at radius 2 is 1.91 bits per heavy atom. The number of fused-ring (bicyclic) bond motifs is 1. The Kier molecular flexibility index (Phi) is 4.26. The molecule has 0 saturated heterocycles. The Bertz CT molecular complexity index is 709. The summed E-state index contributed by atoms with van der Waals surface area (Å²) in [6.07, 6.45) is 1.24. The van der Waals surface area contributed by atoms with Crippen molar-refractivity contribution in [1.29, 1.82) is 0 Å². The van der Waals surface area contributed by atoms with E-state index >= 15 is 0 Å². The highest BCUT2D eigenvalue weighted by Crippen LogP contribution is 2.30. The largest absolute Gasteiger partial charge is 0.481 e. The van der Waals surface area contributed by atoms with Crippen LogP contribution in [0.15, 0.2) is 30.5 Å². The Hall–Kier alpha value is -2.30. The number of carboxylic acids is 1. The lowest BCUT2D eigenvalue weighted by molar-refractivity contribution is -0.137. The molecule has 0 amide bonds. The third-order valence-corrected chi connectivity index (χ3v) is 3.34. The number of carbonyl (C=O) groups is 2. The average molecular weight is 303 g/mol. The number of ether oxygens (including phenoxy) is 1. The summed E-state index contributed by atoms with van der Waals surface area (Å²) in [5.74, 6) is -1.05. The van der Waals surface area contributed by atoms with Crippen LogP contribution in [0.25, 0.3) is 10.9 Å². The van der Waals surface area contributed by atoms with Crippen LogP contribution >= 0.6 is 0 Å². The molecule has 118 valence electrons. The van der Waals surface area contributed by atoms with Gasteiger partial charge in [0.2, 0.25) is 0 Å². The molecule has 1 aromatic heterocycles. The number of rotatable bonds is 3. The van der Waals surface area contributed by atoms with Crippen molar-refractivity contribution in [2.45, 2.75) is 45.6 Å². The molecule has 1 N–H and O–H groups in total. The number of aromatic nitrogens is 1. The van der Waals surface area contributed by atoms with Gasteiger partial charge < -0.3 is 9.84 Å². The lowest BCUT2D eigenvalue weighted by Gasteiger charge is -2.19. The maximum absolute atomic E-state index is 12.4. The summed E-state index contributed by atoms with van der Waals surface area (Å²) >= 11 is 0. The second-order valence-corrected chi connectivity index (χ2v) is 6.45. The third-order valence-electron chi connectivity index (χ3n) is 3.34. The van der Waals surface area contributed by atoms with Crippen LogP contribution in [0.1, 0.15) is 45.6 Å². The van der Waals surface area contributed by atoms with Gasteiger partial charge in [-0.2, -0.15) is 0 Å². The van der Waals surface area contributed by atoms with Gasteiger partial charge in [0.05, 0.1) is 11.9 Å². The van der Waals surface area contributed by atoms with Gasteiger partial charge in [-0.3, -0.25) is 9.36 Å². The van der Waals surface area contributed by atoms with E-state index in [1.54, 1.807) is 6.20 Å². The highest BCUT2D eigenvalue weighted by atomic mass is 16.6. The van der Waals surface area contributed by atoms with Gasteiger partial charge in [-0.15, -0.1) is 0 Å². The molecule has 0 aliphatic carbocycles. The Morgan fingerprint density at radius 3 is 2.50 bits per heavy atom. The van der Waals surface area contributed by atoms with Crippen LogP contribution in [-0.4, -0.2) is 27.3 Å². The lowest BCUT2D eigenvalue weighted by atomic mass is 9.97. The number of carboxylic acid groups (broad SMARTS) is 1.